The van der Waals surface area contributed by atoms with Gasteiger partial charge >= 0.3 is 0 Å². The van der Waals surface area contributed by atoms with E-state index in [1.54, 1.807) is 0 Å². The van der Waals surface area contributed by atoms with Crippen molar-refractivity contribution in [1.29, 1.82) is 0 Å². The lowest BCUT2D eigenvalue weighted by Gasteiger charge is -2.31. The van der Waals surface area contributed by atoms with E-state index in [0.29, 0.717) is 5.92 Å². The van der Waals surface area contributed by atoms with E-state index in [2.05, 4.69) is 21.5 Å². The van der Waals surface area contributed by atoms with Crippen molar-refractivity contribution in [3.05, 3.63) is 18.2 Å². The van der Waals surface area contributed by atoms with Gasteiger partial charge in [-0.05, 0) is 25.9 Å². The molecule has 0 aliphatic carbocycles. The van der Waals surface area contributed by atoms with Crippen molar-refractivity contribution in [3.8, 4) is 0 Å². The molecule has 84 valence electrons. The van der Waals surface area contributed by atoms with Crippen molar-refractivity contribution in [2.24, 2.45) is 7.05 Å². The Bertz CT molecular complexity index is 303. The molecule has 0 spiro atoms. The first-order valence-corrected chi connectivity index (χ1v) is 5.60. The molecule has 1 aromatic rings. The maximum Gasteiger partial charge on any atom is 0.0945 e. The summed E-state index contributed by atoms with van der Waals surface area (Å²) in [7, 11) is 2.06. The van der Waals surface area contributed by atoms with Crippen LogP contribution in [0.25, 0.3) is 0 Å². The molecule has 1 N–H and O–H groups in total. The summed E-state index contributed by atoms with van der Waals surface area (Å²) in [5.74, 6) is 0.646. The fraction of sp³-hybridized carbons (Fsp3) is 0.727. The molecule has 0 radical (unpaired) electrons. The molecule has 1 saturated heterocycles. The Morgan fingerprint density at radius 3 is 2.73 bits per heavy atom. The quantitative estimate of drug-likeness (QED) is 0.792. The Morgan fingerprint density at radius 2 is 2.20 bits per heavy atom. The highest BCUT2D eigenvalue weighted by molar-refractivity contribution is 5.07. The highest BCUT2D eigenvalue weighted by Crippen LogP contribution is 2.26. The van der Waals surface area contributed by atoms with Crippen LogP contribution in [-0.2, 0) is 7.05 Å². The van der Waals surface area contributed by atoms with Gasteiger partial charge in [0.2, 0.25) is 0 Å². The molecule has 2 rings (SSSR count). The van der Waals surface area contributed by atoms with E-state index >= 15 is 0 Å². The summed E-state index contributed by atoms with van der Waals surface area (Å²) >= 11 is 0. The summed E-state index contributed by atoms with van der Waals surface area (Å²) in [4.78, 5) is 6.49. The van der Waals surface area contributed by atoms with Gasteiger partial charge in [0.05, 0.1) is 12.9 Å². The molecule has 15 heavy (non-hydrogen) atoms. The van der Waals surface area contributed by atoms with Crippen LogP contribution in [0.4, 0.5) is 0 Å². The van der Waals surface area contributed by atoms with Gasteiger partial charge in [0.25, 0.3) is 0 Å². The van der Waals surface area contributed by atoms with E-state index in [1.165, 1.54) is 18.5 Å². The number of likely N-dealkylation sites (tertiary alicyclic amines) is 1. The zero-order valence-corrected chi connectivity index (χ0v) is 9.26. The maximum absolute atomic E-state index is 8.86. The summed E-state index contributed by atoms with van der Waals surface area (Å²) in [5, 5.41) is 8.86. The van der Waals surface area contributed by atoms with Gasteiger partial charge in [0.1, 0.15) is 0 Å². The summed E-state index contributed by atoms with van der Waals surface area (Å²) in [6, 6.07) is 0. The predicted octanol–water partition coefficient (Wildman–Crippen LogP) is 0.592. The van der Waals surface area contributed by atoms with Gasteiger partial charge in [0.15, 0.2) is 0 Å². The second-order valence-electron chi connectivity index (χ2n) is 4.27. The van der Waals surface area contributed by atoms with E-state index < -0.39 is 0 Å². The summed E-state index contributed by atoms with van der Waals surface area (Å²) in [5.41, 5.74) is 1.35. The monoisotopic (exact) mass is 209 g/mol. The van der Waals surface area contributed by atoms with Gasteiger partial charge in [-0.1, -0.05) is 0 Å². The number of hydrogen-bond donors (Lipinski definition) is 1. The molecule has 1 aliphatic rings. The fourth-order valence-electron chi connectivity index (χ4n) is 2.35. The molecule has 1 aromatic heterocycles. The van der Waals surface area contributed by atoms with Gasteiger partial charge in [-0.3, -0.25) is 0 Å². The Kier molecular flexibility index (Phi) is 3.38. The molecule has 1 aliphatic heterocycles. The van der Waals surface area contributed by atoms with Crippen LogP contribution in [0.1, 0.15) is 24.5 Å². The van der Waals surface area contributed by atoms with Crippen LogP contribution >= 0.6 is 0 Å². The van der Waals surface area contributed by atoms with Crippen molar-refractivity contribution < 1.29 is 5.11 Å². The molecule has 2 heterocycles. The molecular formula is C11H19N3O. The maximum atomic E-state index is 8.86. The van der Waals surface area contributed by atoms with Crippen molar-refractivity contribution in [1.82, 2.24) is 14.5 Å². The third kappa shape index (κ3) is 2.38. The number of rotatable bonds is 3. The summed E-state index contributed by atoms with van der Waals surface area (Å²) < 4.78 is 2.12. The van der Waals surface area contributed by atoms with Gasteiger partial charge in [0, 0.05) is 31.4 Å². The van der Waals surface area contributed by atoms with Gasteiger partial charge in [-0.2, -0.15) is 0 Å². The number of aromatic nitrogens is 2. The SMILES string of the molecule is Cn1cncc1C1CCN(CCO)CC1. The van der Waals surface area contributed by atoms with Crippen LogP contribution < -0.4 is 0 Å². The predicted molar refractivity (Wildman–Crippen MR) is 58.7 cm³/mol. The van der Waals surface area contributed by atoms with E-state index in [9.17, 15) is 0 Å². The average molecular weight is 209 g/mol. The third-order valence-corrected chi connectivity index (χ3v) is 3.28. The number of aliphatic hydroxyl groups excluding tert-OH is 1. The molecule has 0 atom stereocenters. The van der Waals surface area contributed by atoms with Crippen LogP contribution in [0.5, 0.6) is 0 Å². The van der Waals surface area contributed by atoms with E-state index in [-0.39, 0.29) is 6.61 Å². The topological polar surface area (TPSA) is 41.3 Å². The molecule has 4 heteroatoms. The highest BCUT2D eigenvalue weighted by atomic mass is 16.3. The van der Waals surface area contributed by atoms with E-state index in [0.717, 1.165) is 19.6 Å². The van der Waals surface area contributed by atoms with Crippen molar-refractivity contribution >= 4 is 0 Å². The van der Waals surface area contributed by atoms with Crippen LogP contribution in [0, 0.1) is 0 Å². The lowest BCUT2D eigenvalue weighted by atomic mass is 9.94. The van der Waals surface area contributed by atoms with Crippen LogP contribution in [0.2, 0.25) is 0 Å². The van der Waals surface area contributed by atoms with E-state index in [4.69, 9.17) is 5.11 Å². The Hall–Kier alpha value is -0.870. The number of β-amino-alcohol motifs (C(OH)–C–C–N with tert-alkyl or cyclic N) is 1. The van der Waals surface area contributed by atoms with Gasteiger partial charge < -0.3 is 14.6 Å². The zero-order chi connectivity index (χ0) is 10.7. The Morgan fingerprint density at radius 1 is 1.47 bits per heavy atom. The lowest BCUT2D eigenvalue weighted by molar-refractivity contribution is 0.163. The molecule has 0 bridgehead atoms. The minimum atomic E-state index is 0.274. The second kappa shape index (κ2) is 4.77. The second-order valence-corrected chi connectivity index (χ2v) is 4.27. The number of imidazole rings is 1. The van der Waals surface area contributed by atoms with Gasteiger partial charge in [-0.25, -0.2) is 4.98 Å². The standard InChI is InChI=1S/C11H19N3O/c1-13-9-12-8-11(13)10-2-4-14(5-3-10)6-7-15/h8-10,15H,2-7H2,1H3. The highest BCUT2D eigenvalue weighted by Gasteiger charge is 2.21. The number of piperidine rings is 1. The molecular weight excluding hydrogens is 190 g/mol. The number of aryl methyl sites for hydroxylation is 1. The number of hydrogen-bond acceptors (Lipinski definition) is 3. The van der Waals surface area contributed by atoms with Crippen LogP contribution in [0.3, 0.4) is 0 Å². The van der Waals surface area contributed by atoms with Crippen molar-refractivity contribution in [2.45, 2.75) is 18.8 Å². The Labute approximate surface area is 90.5 Å². The summed E-state index contributed by atoms with van der Waals surface area (Å²) in [6.45, 7) is 3.28. The molecule has 0 amide bonds. The third-order valence-electron chi connectivity index (χ3n) is 3.28. The first kappa shape index (κ1) is 10.6. The van der Waals surface area contributed by atoms with Crippen LogP contribution in [-0.4, -0.2) is 45.8 Å². The van der Waals surface area contributed by atoms with E-state index in [1.807, 2.05) is 12.5 Å². The normalized spacial score (nSPS) is 19.6. The lowest BCUT2D eigenvalue weighted by Crippen LogP contribution is -2.35. The Balaban J connectivity index is 1.91. The molecule has 0 saturated carbocycles. The minimum Gasteiger partial charge on any atom is -0.395 e. The van der Waals surface area contributed by atoms with Crippen molar-refractivity contribution in [2.75, 3.05) is 26.2 Å². The smallest absolute Gasteiger partial charge is 0.0945 e. The first-order chi connectivity index (χ1) is 7.31. The fourth-order valence-corrected chi connectivity index (χ4v) is 2.35. The first-order valence-electron chi connectivity index (χ1n) is 5.60. The molecule has 4 nitrogen and oxygen atoms in total. The number of nitrogens with zero attached hydrogens (tertiary/aromatic N) is 3. The van der Waals surface area contributed by atoms with Crippen molar-refractivity contribution in [3.63, 3.8) is 0 Å². The van der Waals surface area contributed by atoms with Gasteiger partial charge in [-0.15, -0.1) is 0 Å². The number of aliphatic hydroxyl groups is 1. The molecule has 0 aromatic carbocycles. The molecule has 0 unspecified atom stereocenters. The molecule has 1 fully saturated rings. The minimum absolute atomic E-state index is 0.274. The largest absolute Gasteiger partial charge is 0.395 e. The van der Waals surface area contributed by atoms with Crippen LogP contribution in [0.15, 0.2) is 12.5 Å². The zero-order valence-electron chi connectivity index (χ0n) is 9.26. The average Bonchev–Trinajstić information content (AvgIpc) is 2.66. The summed E-state index contributed by atoms with van der Waals surface area (Å²) in [6.07, 6.45) is 6.21.